The summed E-state index contributed by atoms with van der Waals surface area (Å²) in [6.45, 7) is 0. The van der Waals surface area contributed by atoms with Crippen molar-refractivity contribution in [1.82, 2.24) is 0 Å². The number of aromatic carboxylic acids is 1. The van der Waals surface area contributed by atoms with Gasteiger partial charge in [-0.05, 0) is 37.1 Å². The van der Waals surface area contributed by atoms with Crippen LogP contribution in [0.4, 0.5) is 0 Å². The minimum Gasteiger partial charge on any atom is -0.490 e. The molecule has 0 amide bonds. The molecular weight excluding hydrogens is 220 g/mol. The Morgan fingerprint density at radius 2 is 1.76 bits per heavy atom. The van der Waals surface area contributed by atoms with Gasteiger partial charge in [-0.25, -0.2) is 4.79 Å². The van der Waals surface area contributed by atoms with E-state index >= 15 is 0 Å². The third-order valence-electron chi connectivity index (χ3n) is 2.89. The van der Waals surface area contributed by atoms with Gasteiger partial charge in [-0.2, -0.15) is 0 Å². The predicted molar refractivity (Wildman–Crippen MR) is 61.3 cm³/mol. The van der Waals surface area contributed by atoms with Gasteiger partial charge in [-0.3, -0.25) is 4.79 Å². The number of benzene rings is 1. The van der Waals surface area contributed by atoms with E-state index in [9.17, 15) is 9.59 Å². The van der Waals surface area contributed by atoms with Crippen molar-refractivity contribution in [2.24, 2.45) is 0 Å². The number of carboxylic acids is 1. The Morgan fingerprint density at radius 1 is 1.18 bits per heavy atom. The van der Waals surface area contributed by atoms with Crippen LogP contribution in [-0.2, 0) is 4.79 Å². The molecule has 90 valence electrons. The summed E-state index contributed by atoms with van der Waals surface area (Å²) in [4.78, 5) is 21.7. The van der Waals surface area contributed by atoms with Crippen molar-refractivity contribution in [1.29, 1.82) is 0 Å². The number of ketones is 1. The quantitative estimate of drug-likeness (QED) is 0.871. The molecule has 1 aromatic rings. The Hall–Kier alpha value is -1.84. The molecule has 0 aromatic heterocycles. The molecular formula is C13H14O4. The number of carbonyl (C=O) groups excluding carboxylic acids is 1. The predicted octanol–water partition coefficient (Wildman–Crippen LogP) is 2.28. The minimum absolute atomic E-state index is 0.0726. The van der Waals surface area contributed by atoms with Gasteiger partial charge in [0.05, 0.1) is 11.7 Å². The van der Waals surface area contributed by atoms with E-state index in [2.05, 4.69) is 0 Å². The maximum Gasteiger partial charge on any atom is 0.335 e. The fraction of sp³-hybridized carbons (Fsp3) is 0.385. The number of ether oxygens (including phenoxy) is 1. The van der Waals surface area contributed by atoms with Gasteiger partial charge >= 0.3 is 5.97 Å². The van der Waals surface area contributed by atoms with Crippen molar-refractivity contribution in [3.8, 4) is 5.75 Å². The van der Waals surface area contributed by atoms with E-state index in [1.165, 1.54) is 12.1 Å². The smallest absolute Gasteiger partial charge is 0.335 e. The highest BCUT2D eigenvalue weighted by Gasteiger charge is 2.19. The SMILES string of the molecule is O=C1CCC(Oc2ccc(C(=O)O)cc2)CC1. The largest absolute Gasteiger partial charge is 0.490 e. The fourth-order valence-electron chi connectivity index (χ4n) is 1.90. The number of carbonyl (C=O) groups is 2. The zero-order valence-electron chi connectivity index (χ0n) is 9.39. The van der Waals surface area contributed by atoms with Gasteiger partial charge in [0.2, 0.25) is 0 Å². The molecule has 0 bridgehead atoms. The third-order valence-corrected chi connectivity index (χ3v) is 2.89. The highest BCUT2D eigenvalue weighted by molar-refractivity contribution is 5.87. The lowest BCUT2D eigenvalue weighted by atomic mass is 9.96. The molecule has 0 spiro atoms. The third kappa shape index (κ3) is 3.06. The first kappa shape index (κ1) is 11.6. The Balaban J connectivity index is 1.95. The van der Waals surface area contributed by atoms with E-state index in [1.54, 1.807) is 12.1 Å². The van der Waals surface area contributed by atoms with Gasteiger partial charge in [-0.15, -0.1) is 0 Å². The standard InChI is InChI=1S/C13H14O4/c14-10-3-7-12(8-4-10)17-11-5-1-9(2-6-11)13(15)16/h1-2,5-6,12H,3-4,7-8H2,(H,15,16). The van der Waals surface area contributed by atoms with Crippen LogP contribution in [0.1, 0.15) is 36.0 Å². The van der Waals surface area contributed by atoms with Gasteiger partial charge in [-0.1, -0.05) is 0 Å². The molecule has 1 N–H and O–H groups in total. The van der Waals surface area contributed by atoms with Gasteiger partial charge in [0, 0.05) is 12.8 Å². The zero-order chi connectivity index (χ0) is 12.3. The van der Waals surface area contributed by atoms with E-state index in [0.29, 0.717) is 24.4 Å². The van der Waals surface area contributed by atoms with E-state index in [0.717, 1.165) is 12.8 Å². The van der Waals surface area contributed by atoms with Gasteiger partial charge in [0.25, 0.3) is 0 Å². The number of carboxylic acid groups (broad SMARTS) is 1. The Labute approximate surface area is 99.2 Å². The molecule has 1 saturated carbocycles. The first-order chi connectivity index (χ1) is 8.15. The number of hydrogen-bond acceptors (Lipinski definition) is 3. The summed E-state index contributed by atoms with van der Waals surface area (Å²) in [5.74, 6) is 0.0141. The maximum absolute atomic E-state index is 11.1. The summed E-state index contributed by atoms with van der Waals surface area (Å²) in [6, 6.07) is 6.34. The molecule has 1 fully saturated rings. The zero-order valence-corrected chi connectivity index (χ0v) is 9.39. The molecule has 0 unspecified atom stereocenters. The van der Waals surface area contributed by atoms with Crippen LogP contribution in [0.3, 0.4) is 0 Å². The van der Waals surface area contributed by atoms with Gasteiger partial charge < -0.3 is 9.84 Å². The molecule has 0 aliphatic heterocycles. The van der Waals surface area contributed by atoms with Crippen molar-refractivity contribution in [2.75, 3.05) is 0 Å². The molecule has 0 heterocycles. The second-order valence-electron chi connectivity index (χ2n) is 4.19. The Bertz CT molecular complexity index is 412. The highest BCUT2D eigenvalue weighted by Crippen LogP contribution is 2.22. The van der Waals surface area contributed by atoms with Crippen LogP contribution in [0.15, 0.2) is 24.3 Å². The Kier molecular flexibility index (Phi) is 3.42. The molecule has 2 rings (SSSR count). The lowest BCUT2D eigenvalue weighted by Gasteiger charge is -2.22. The highest BCUT2D eigenvalue weighted by atomic mass is 16.5. The molecule has 17 heavy (non-hydrogen) atoms. The topological polar surface area (TPSA) is 63.6 Å². The molecule has 0 saturated heterocycles. The van der Waals surface area contributed by atoms with Crippen molar-refractivity contribution in [3.63, 3.8) is 0 Å². The van der Waals surface area contributed by atoms with Crippen LogP contribution in [0, 0.1) is 0 Å². The lowest BCUT2D eigenvalue weighted by Crippen LogP contribution is -2.23. The summed E-state index contributed by atoms with van der Waals surface area (Å²) < 4.78 is 5.69. The van der Waals surface area contributed by atoms with Gasteiger partial charge in [0.15, 0.2) is 0 Å². The van der Waals surface area contributed by atoms with Crippen LogP contribution in [0.25, 0.3) is 0 Å². The summed E-state index contributed by atoms with van der Waals surface area (Å²) >= 11 is 0. The average molecular weight is 234 g/mol. The summed E-state index contributed by atoms with van der Waals surface area (Å²) in [5, 5.41) is 8.75. The van der Waals surface area contributed by atoms with E-state index < -0.39 is 5.97 Å². The van der Waals surface area contributed by atoms with Crippen molar-refractivity contribution in [2.45, 2.75) is 31.8 Å². The minimum atomic E-state index is -0.945. The molecule has 1 aliphatic carbocycles. The van der Waals surface area contributed by atoms with Crippen molar-refractivity contribution < 1.29 is 19.4 Å². The van der Waals surface area contributed by atoms with Crippen LogP contribution in [-0.4, -0.2) is 23.0 Å². The molecule has 1 aromatic carbocycles. The number of hydrogen-bond donors (Lipinski definition) is 1. The summed E-state index contributed by atoms with van der Waals surface area (Å²) in [6.07, 6.45) is 2.73. The molecule has 4 nitrogen and oxygen atoms in total. The normalized spacial score (nSPS) is 16.8. The molecule has 0 atom stereocenters. The van der Waals surface area contributed by atoms with Crippen LogP contribution >= 0.6 is 0 Å². The molecule has 4 heteroatoms. The maximum atomic E-state index is 11.1. The van der Waals surface area contributed by atoms with E-state index in [1.807, 2.05) is 0 Å². The first-order valence-corrected chi connectivity index (χ1v) is 5.67. The van der Waals surface area contributed by atoms with Crippen LogP contribution in [0.5, 0.6) is 5.75 Å². The Morgan fingerprint density at radius 3 is 2.29 bits per heavy atom. The monoisotopic (exact) mass is 234 g/mol. The van der Waals surface area contributed by atoms with E-state index in [-0.39, 0.29) is 11.7 Å². The van der Waals surface area contributed by atoms with Crippen LogP contribution < -0.4 is 4.74 Å². The summed E-state index contributed by atoms with van der Waals surface area (Å²) in [7, 11) is 0. The summed E-state index contributed by atoms with van der Waals surface area (Å²) in [5.41, 5.74) is 0.246. The number of rotatable bonds is 3. The fourth-order valence-corrected chi connectivity index (χ4v) is 1.90. The van der Waals surface area contributed by atoms with Crippen LogP contribution in [0.2, 0.25) is 0 Å². The molecule has 0 radical (unpaired) electrons. The second kappa shape index (κ2) is 4.99. The van der Waals surface area contributed by atoms with Gasteiger partial charge in [0.1, 0.15) is 11.5 Å². The van der Waals surface area contributed by atoms with E-state index in [4.69, 9.17) is 9.84 Å². The first-order valence-electron chi connectivity index (χ1n) is 5.67. The number of Topliss-reactive ketones (excluding diaryl/α,β-unsaturated/α-hetero) is 1. The molecule has 1 aliphatic rings. The lowest BCUT2D eigenvalue weighted by molar-refractivity contribution is -0.121. The second-order valence-corrected chi connectivity index (χ2v) is 4.19. The van der Waals surface area contributed by atoms with Crippen molar-refractivity contribution >= 4 is 11.8 Å². The van der Waals surface area contributed by atoms with Crippen molar-refractivity contribution in [3.05, 3.63) is 29.8 Å². The average Bonchev–Trinajstić information content (AvgIpc) is 2.33.